The molecule has 1 aliphatic heterocycles. The molecule has 0 saturated carbocycles. The van der Waals surface area contributed by atoms with Gasteiger partial charge in [-0.25, -0.2) is 4.90 Å². The van der Waals surface area contributed by atoms with Crippen LogP contribution < -0.4 is 4.90 Å². The first-order chi connectivity index (χ1) is 9.65. The third-order valence-electron chi connectivity index (χ3n) is 2.96. The average Bonchev–Trinajstić information content (AvgIpc) is 2.96. The van der Waals surface area contributed by atoms with Crippen LogP contribution in [0.5, 0.6) is 0 Å². The molecule has 1 saturated heterocycles. The quantitative estimate of drug-likeness (QED) is 0.795. The van der Waals surface area contributed by atoms with E-state index >= 15 is 0 Å². The molecule has 1 aromatic heterocycles. The van der Waals surface area contributed by atoms with Crippen molar-refractivity contribution in [1.29, 1.82) is 0 Å². The number of nitrogens with zero attached hydrogens (tertiary/aromatic N) is 2. The van der Waals surface area contributed by atoms with E-state index in [4.69, 9.17) is 0 Å². The lowest BCUT2D eigenvalue weighted by Crippen LogP contribution is -2.27. The molecule has 20 heavy (non-hydrogen) atoms. The van der Waals surface area contributed by atoms with Crippen LogP contribution in [-0.4, -0.2) is 15.7 Å². The van der Waals surface area contributed by atoms with Gasteiger partial charge in [-0.05, 0) is 41.6 Å². The maximum absolute atomic E-state index is 12.3. The molecule has 0 bridgehead atoms. The van der Waals surface area contributed by atoms with E-state index in [-0.39, 0.29) is 11.1 Å². The van der Waals surface area contributed by atoms with Crippen LogP contribution in [0.25, 0.3) is 6.08 Å². The molecule has 0 radical (unpaired) electrons. The zero-order chi connectivity index (χ0) is 14.1. The van der Waals surface area contributed by atoms with Gasteiger partial charge in [0.2, 0.25) is 0 Å². The summed E-state index contributed by atoms with van der Waals surface area (Å²) < 4.78 is 1.90. The van der Waals surface area contributed by atoms with Crippen molar-refractivity contribution >= 4 is 34.7 Å². The van der Waals surface area contributed by atoms with Gasteiger partial charge < -0.3 is 4.57 Å². The minimum Gasteiger partial charge on any atom is -0.357 e. The van der Waals surface area contributed by atoms with Crippen LogP contribution in [0.1, 0.15) is 5.56 Å². The van der Waals surface area contributed by atoms with Gasteiger partial charge in [-0.3, -0.25) is 9.59 Å². The summed E-state index contributed by atoms with van der Waals surface area (Å²) in [5.74, 6) is -0.268. The van der Waals surface area contributed by atoms with Crippen LogP contribution in [0.2, 0.25) is 0 Å². The van der Waals surface area contributed by atoms with Crippen molar-refractivity contribution < 1.29 is 9.59 Å². The smallest absolute Gasteiger partial charge is 0.298 e. The Labute approximate surface area is 120 Å². The van der Waals surface area contributed by atoms with E-state index in [0.29, 0.717) is 10.6 Å². The third kappa shape index (κ3) is 2.28. The SMILES string of the molecule is Cn1ccc(/C=C2\SC(=O)N(c3ccccc3)C2=O)c1. The summed E-state index contributed by atoms with van der Waals surface area (Å²) in [5.41, 5.74) is 1.51. The summed E-state index contributed by atoms with van der Waals surface area (Å²) in [6, 6.07) is 10.9. The zero-order valence-corrected chi connectivity index (χ0v) is 11.6. The highest BCUT2D eigenvalue weighted by molar-refractivity contribution is 8.19. The average molecular weight is 284 g/mol. The molecule has 0 unspecified atom stereocenters. The Balaban J connectivity index is 1.93. The van der Waals surface area contributed by atoms with Crippen molar-refractivity contribution in [2.45, 2.75) is 0 Å². The van der Waals surface area contributed by atoms with Crippen LogP contribution in [0.4, 0.5) is 10.5 Å². The van der Waals surface area contributed by atoms with E-state index in [9.17, 15) is 9.59 Å². The normalized spacial score (nSPS) is 17.2. The fourth-order valence-electron chi connectivity index (χ4n) is 2.03. The van der Waals surface area contributed by atoms with Gasteiger partial charge in [-0.15, -0.1) is 0 Å². The van der Waals surface area contributed by atoms with Crippen LogP contribution in [0.3, 0.4) is 0 Å². The van der Waals surface area contributed by atoms with E-state index in [1.165, 1.54) is 4.90 Å². The van der Waals surface area contributed by atoms with Crippen molar-refractivity contribution in [3.63, 3.8) is 0 Å². The van der Waals surface area contributed by atoms with Gasteiger partial charge in [0.15, 0.2) is 0 Å². The number of aryl methyl sites for hydroxylation is 1. The lowest BCUT2D eigenvalue weighted by molar-refractivity contribution is -0.113. The number of carbonyl (C=O) groups excluding carboxylic acids is 2. The lowest BCUT2D eigenvalue weighted by atomic mass is 10.2. The Kier molecular flexibility index (Phi) is 3.20. The molecular weight excluding hydrogens is 272 g/mol. The zero-order valence-electron chi connectivity index (χ0n) is 10.8. The minimum absolute atomic E-state index is 0.261. The first-order valence-corrected chi connectivity index (χ1v) is 6.92. The van der Waals surface area contributed by atoms with Gasteiger partial charge in [0, 0.05) is 19.4 Å². The molecule has 5 heteroatoms. The number of amides is 2. The molecule has 1 aliphatic rings. The molecule has 0 atom stereocenters. The molecule has 3 rings (SSSR count). The first kappa shape index (κ1) is 12.7. The summed E-state index contributed by atoms with van der Waals surface area (Å²) in [7, 11) is 1.91. The standard InChI is InChI=1S/C15H12N2O2S/c1-16-8-7-11(10-16)9-13-14(18)17(15(19)20-13)12-5-3-2-4-6-12/h2-10H,1H3/b13-9-. The molecule has 100 valence electrons. The molecule has 1 aromatic carbocycles. The molecule has 2 aromatic rings. The monoisotopic (exact) mass is 284 g/mol. The molecule has 0 spiro atoms. The second-order valence-corrected chi connectivity index (χ2v) is 5.46. The molecule has 4 nitrogen and oxygen atoms in total. The second-order valence-electron chi connectivity index (χ2n) is 4.46. The minimum atomic E-state index is -0.268. The number of aromatic nitrogens is 1. The Morgan fingerprint density at radius 3 is 2.50 bits per heavy atom. The number of hydrogen-bond donors (Lipinski definition) is 0. The topological polar surface area (TPSA) is 42.3 Å². The maximum Gasteiger partial charge on any atom is 0.298 e. The van der Waals surface area contributed by atoms with E-state index in [1.54, 1.807) is 30.3 Å². The highest BCUT2D eigenvalue weighted by atomic mass is 32.2. The number of imide groups is 1. The Morgan fingerprint density at radius 1 is 1.10 bits per heavy atom. The first-order valence-electron chi connectivity index (χ1n) is 6.10. The lowest BCUT2D eigenvalue weighted by Gasteiger charge is -2.11. The summed E-state index contributed by atoms with van der Waals surface area (Å²) in [6.45, 7) is 0. The number of hydrogen-bond acceptors (Lipinski definition) is 3. The van der Waals surface area contributed by atoms with E-state index in [0.717, 1.165) is 17.3 Å². The van der Waals surface area contributed by atoms with Crippen LogP contribution >= 0.6 is 11.8 Å². The van der Waals surface area contributed by atoms with Gasteiger partial charge in [0.05, 0.1) is 10.6 Å². The van der Waals surface area contributed by atoms with Crippen LogP contribution in [0.15, 0.2) is 53.7 Å². The number of rotatable bonds is 2. The highest BCUT2D eigenvalue weighted by Gasteiger charge is 2.36. The van der Waals surface area contributed by atoms with Gasteiger partial charge in [0.1, 0.15) is 0 Å². The summed E-state index contributed by atoms with van der Waals surface area (Å²) in [5, 5.41) is -0.261. The molecule has 2 heterocycles. The molecule has 0 aliphatic carbocycles. The fraction of sp³-hybridized carbons (Fsp3) is 0.0667. The Morgan fingerprint density at radius 2 is 1.85 bits per heavy atom. The highest BCUT2D eigenvalue weighted by Crippen LogP contribution is 2.35. The van der Waals surface area contributed by atoms with E-state index in [1.807, 2.05) is 36.1 Å². The predicted molar refractivity (Wildman–Crippen MR) is 80.3 cm³/mol. The van der Waals surface area contributed by atoms with Gasteiger partial charge in [0.25, 0.3) is 11.1 Å². The van der Waals surface area contributed by atoms with E-state index in [2.05, 4.69) is 0 Å². The number of para-hydroxylation sites is 1. The number of anilines is 1. The maximum atomic E-state index is 12.3. The van der Waals surface area contributed by atoms with Crippen molar-refractivity contribution in [1.82, 2.24) is 4.57 Å². The van der Waals surface area contributed by atoms with Crippen molar-refractivity contribution in [3.05, 3.63) is 59.3 Å². The molecule has 2 amide bonds. The largest absolute Gasteiger partial charge is 0.357 e. The van der Waals surface area contributed by atoms with Crippen molar-refractivity contribution in [2.75, 3.05) is 4.90 Å². The predicted octanol–water partition coefficient (Wildman–Crippen LogP) is 3.27. The molecular formula is C15H12N2O2S. The Hall–Kier alpha value is -2.27. The third-order valence-corrected chi connectivity index (χ3v) is 3.83. The van der Waals surface area contributed by atoms with Crippen LogP contribution in [-0.2, 0) is 11.8 Å². The molecule has 0 N–H and O–H groups in total. The number of benzene rings is 1. The van der Waals surface area contributed by atoms with Gasteiger partial charge in [-0.1, -0.05) is 18.2 Å². The van der Waals surface area contributed by atoms with Gasteiger partial charge >= 0.3 is 0 Å². The summed E-state index contributed by atoms with van der Waals surface area (Å²) in [4.78, 5) is 26.0. The number of carbonyl (C=O) groups is 2. The molecule has 1 fully saturated rings. The summed E-state index contributed by atoms with van der Waals surface area (Å²) in [6.07, 6.45) is 5.54. The summed E-state index contributed by atoms with van der Waals surface area (Å²) >= 11 is 0.970. The second kappa shape index (κ2) is 5.02. The Bertz CT molecular complexity index is 704. The van der Waals surface area contributed by atoms with Crippen molar-refractivity contribution in [3.8, 4) is 0 Å². The van der Waals surface area contributed by atoms with Gasteiger partial charge in [-0.2, -0.15) is 0 Å². The fourth-order valence-corrected chi connectivity index (χ4v) is 2.87. The number of thioether (sulfide) groups is 1. The van der Waals surface area contributed by atoms with Crippen molar-refractivity contribution in [2.24, 2.45) is 7.05 Å². The van der Waals surface area contributed by atoms with Crippen LogP contribution in [0, 0.1) is 0 Å². The van der Waals surface area contributed by atoms with E-state index < -0.39 is 0 Å².